The van der Waals surface area contributed by atoms with Gasteiger partial charge in [0.1, 0.15) is 0 Å². The molecule has 122 valence electrons. The number of aromatic nitrogens is 1. The Hall–Kier alpha value is -1.68. The van der Waals surface area contributed by atoms with Crippen LogP contribution in [0.2, 0.25) is 0 Å². The standard InChI is InChI=1S/C19H24N2OS/c1-12(2)16-7-5-6-15-11-21(9-8-17(15)16)19(22)10-18-13(3)23-14(4)20-18/h5-7,12H,8-11H2,1-4H3. The van der Waals surface area contributed by atoms with Crippen LogP contribution in [0.3, 0.4) is 0 Å². The normalized spacial score (nSPS) is 14.2. The molecule has 0 saturated carbocycles. The molecule has 1 aromatic carbocycles. The maximum Gasteiger partial charge on any atom is 0.228 e. The molecule has 3 nitrogen and oxygen atoms in total. The fourth-order valence-corrected chi connectivity index (χ4v) is 4.22. The number of nitrogens with zero attached hydrogens (tertiary/aromatic N) is 2. The molecule has 3 rings (SSSR count). The van der Waals surface area contributed by atoms with Gasteiger partial charge >= 0.3 is 0 Å². The zero-order chi connectivity index (χ0) is 16.6. The smallest absolute Gasteiger partial charge is 0.228 e. The van der Waals surface area contributed by atoms with E-state index in [2.05, 4.69) is 37.0 Å². The molecular formula is C19H24N2OS. The van der Waals surface area contributed by atoms with Gasteiger partial charge in [0.05, 0.1) is 17.1 Å². The Balaban J connectivity index is 1.75. The minimum atomic E-state index is 0.194. The van der Waals surface area contributed by atoms with Gasteiger partial charge in [-0.05, 0) is 42.9 Å². The molecule has 0 atom stereocenters. The van der Waals surface area contributed by atoms with Crippen LogP contribution in [-0.4, -0.2) is 22.3 Å². The molecule has 4 heteroatoms. The van der Waals surface area contributed by atoms with Gasteiger partial charge < -0.3 is 4.90 Å². The maximum atomic E-state index is 12.6. The van der Waals surface area contributed by atoms with Crippen LogP contribution in [0.15, 0.2) is 18.2 Å². The predicted molar refractivity (Wildman–Crippen MR) is 94.9 cm³/mol. The van der Waals surface area contributed by atoms with Crippen LogP contribution in [0.1, 0.15) is 52.0 Å². The number of amides is 1. The van der Waals surface area contributed by atoms with Crippen molar-refractivity contribution in [2.24, 2.45) is 0 Å². The molecule has 0 spiro atoms. The number of hydrogen-bond donors (Lipinski definition) is 0. The van der Waals surface area contributed by atoms with Crippen molar-refractivity contribution in [1.29, 1.82) is 0 Å². The van der Waals surface area contributed by atoms with E-state index in [-0.39, 0.29) is 5.91 Å². The van der Waals surface area contributed by atoms with Crippen LogP contribution < -0.4 is 0 Å². The second-order valence-corrected chi connectivity index (χ2v) is 8.02. The first-order valence-electron chi connectivity index (χ1n) is 8.27. The Bertz CT molecular complexity index is 733. The van der Waals surface area contributed by atoms with E-state index in [0.29, 0.717) is 12.3 Å². The molecule has 0 fully saturated rings. The van der Waals surface area contributed by atoms with E-state index < -0.39 is 0 Å². The van der Waals surface area contributed by atoms with Crippen molar-refractivity contribution in [3.8, 4) is 0 Å². The third-order valence-electron chi connectivity index (χ3n) is 4.60. The number of aryl methyl sites for hydroxylation is 2. The van der Waals surface area contributed by atoms with E-state index in [1.807, 2.05) is 18.7 Å². The molecule has 1 amide bonds. The van der Waals surface area contributed by atoms with E-state index in [1.54, 1.807) is 11.3 Å². The fourth-order valence-electron chi connectivity index (χ4n) is 3.38. The number of thiazole rings is 1. The van der Waals surface area contributed by atoms with Crippen LogP contribution >= 0.6 is 11.3 Å². The summed E-state index contributed by atoms with van der Waals surface area (Å²) in [4.78, 5) is 20.3. The summed E-state index contributed by atoms with van der Waals surface area (Å²) < 4.78 is 0. The molecule has 1 aliphatic heterocycles. The highest BCUT2D eigenvalue weighted by Crippen LogP contribution is 2.28. The molecule has 0 bridgehead atoms. The molecule has 1 aromatic heterocycles. The van der Waals surface area contributed by atoms with Crippen molar-refractivity contribution >= 4 is 17.2 Å². The van der Waals surface area contributed by atoms with Crippen molar-refractivity contribution in [3.05, 3.63) is 50.5 Å². The van der Waals surface area contributed by atoms with E-state index in [9.17, 15) is 4.79 Å². The number of carbonyl (C=O) groups is 1. The SMILES string of the molecule is Cc1nc(CC(=O)N2CCc3c(cccc3C(C)C)C2)c(C)s1. The Kier molecular flexibility index (Phi) is 4.53. The minimum Gasteiger partial charge on any atom is -0.338 e. The Morgan fingerprint density at radius 1 is 1.35 bits per heavy atom. The average molecular weight is 328 g/mol. The topological polar surface area (TPSA) is 33.2 Å². The summed E-state index contributed by atoms with van der Waals surface area (Å²) >= 11 is 1.67. The lowest BCUT2D eigenvalue weighted by atomic mass is 9.89. The van der Waals surface area contributed by atoms with Gasteiger partial charge in [-0.25, -0.2) is 4.98 Å². The van der Waals surface area contributed by atoms with Crippen molar-refractivity contribution < 1.29 is 4.79 Å². The molecule has 2 aromatic rings. The predicted octanol–water partition coefficient (Wildman–Crippen LogP) is 4.01. The molecule has 1 aliphatic rings. The third kappa shape index (κ3) is 3.32. The fraction of sp³-hybridized carbons (Fsp3) is 0.474. The highest BCUT2D eigenvalue weighted by molar-refractivity contribution is 7.11. The largest absolute Gasteiger partial charge is 0.338 e. The van der Waals surface area contributed by atoms with Crippen LogP contribution in [0.5, 0.6) is 0 Å². The van der Waals surface area contributed by atoms with Crippen LogP contribution in [0.4, 0.5) is 0 Å². The summed E-state index contributed by atoms with van der Waals surface area (Å²) in [6, 6.07) is 6.51. The number of carbonyl (C=O) groups excluding carboxylic acids is 1. The Morgan fingerprint density at radius 3 is 2.78 bits per heavy atom. The van der Waals surface area contributed by atoms with Gasteiger partial charge in [-0.3, -0.25) is 4.79 Å². The van der Waals surface area contributed by atoms with Crippen molar-refractivity contribution in [2.75, 3.05) is 6.54 Å². The van der Waals surface area contributed by atoms with Crippen molar-refractivity contribution in [1.82, 2.24) is 9.88 Å². The zero-order valence-electron chi connectivity index (χ0n) is 14.3. The first-order chi connectivity index (χ1) is 11.0. The molecule has 0 radical (unpaired) electrons. The van der Waals surface area contributed by atoms with Crippen LogP contribution in [0.25, 0.3) is 0 Å². The second kappa shape index (κ2) is 6.44. The molecular weight excluding hydrogens is 304 g/mol. The average Bonchev–Trinajstić information content (AvgIpc) is 2.83. The number of benzene rings is 1. The van der Waals surface area contributed by atoms with Gasteiger partial charge in [-0.2, -0.15) is 0 Å². The summed E-state index contributed by atoms with van der Waals surface area (Å²) in [5.41, 5.74) is 5.13. The third-order valence-corrected chi connectivity index (χ3v) is 5.52. The van der Waals surface area contributed by atoms with E-state index in [0.717, 1.165) is 35.1 Å². The Labute approximate surface area is 142 Å². The summed E-state index contributed by atoms with van der Waals surface area (Å²) in [5.74, 6) is 0.729. The minimum absolute atomic E-state index is 0.194. The first kappa shape index (κ1) is 16.2. The highest BCUT2D eigenvalue weighted by atomic mass is 32.1. The number of hydrogen-bond acceptors (Lipinski definition) is 3. The van der Waals surface area contributed by atoms with E-state index >= 15 is 0 Å². The van der Waals surface area contributed by atoms with E-state index in [1.165, 1.54) is 16.7 Å². The second-order valence-electron chi connectivity index (χ2n) is 6.62. The summed E-state index contributed by atoms with van der Waals surface area (Å²) in [6.45, 7) is 10.1. The monoisotopic (exact) mass is 328 g/mol. The van der Waals surface area contributed by atoms with Gasteiger partial charge in [0.15, 0.2) is 0 Å². The maximum absolute atomic E-state index is 12.6. The lowest BCUT2D eigenvalue weighted by Crippen LogP contribution is -2.37. The van der Waals surface area contributed by atoms with Crippen molar-refractivity contribution in [2.45, 2.75) is 53.0 Å². The summed E-state index contributed by atoms with van der Waals surface area (Å²) in [5, 5.41) is 1.04. The molecule has 23 heavy (non-hydrogen) atoms. The lowest BCUT2D eigenvalue weighted by molar-refractivity contribution is -0.131. The first-order valence-corrected chi connectivity index (χ1v) is 9.08. The van der Waals surface area contributed by atoms with Gasteiger partial charge in [0.25, 0.3) is 0 Å². The van der Waals surface area contributed by atoms with E-state index in [4.69, 9.17) is 0 Å². The molecule has 0 unspecified atom stereocenters. The van der Waals surface area contributed by atoms with Gasteiger partial charge in [-0.15, -0.1) is 11.3 Å². The van der Waals surface area contributed by atoms with Crippen LogP contribution in [0, 0.1) is 13.8 Å². The summed E-state index contributed by atoms with van der Waals surface area (Å²) in [7, 11) is 0. The van der Waals surface area contributed by atoms with Gasteiger partial charge in [0.2, 0.25) is 5.91 Å². The molecule has 0 aliphatic carbocycles. The Morgan fingerprint density at radius 2 is 2.13 bits per heavy atom. The molecule has 0 saturated heterocycles. The van der Waals surface area contributed by atoms with Crippen LogP contribution in [-0.2, 0) is 24.2 Å². The summed E-state index contributed by atoms with van der Waals surface area (Å²) in [6.07, 6.45) is 1.39. The van der Waals surface area contributed by atoms with Gasteiger partial charge in [0, 0.05) is 18.0 Å². The molecule has 0 N–H and O–H groups in total. The molecule has 2 heterocycles. The number of fused-ring (bicyclic) bond motifs is 1. The van der Waals surface area contributed by atoms with Gasteiger partial charge in [-0.1, -0.05) is 32.0 Å². The number of rotatable bonds is 3. The highest BCUT2D eigenvalue weighted by Gasteiger charge is 2.24. The zero-order valence-corrected chi connectivity index (χ0v) is 15.2. The lowest BCUT2D eigenvalue weighted by Gasteiger charge is -2.31. The van der Waals surface area contributed by atoms with Crippen molar-refractivity contribution in [3.63, 3.8) is 0 Å². The quantitative estimate of drug-likeness (QED) is 0.853.